The van der Waals surface area contributed by atoms with Crippen molar-refractivity contribution in [3.63, 3.8) is 0 Å². The topological polar surface area (TPSA) is 20.3 Å². The summed E-state index contributed by atoms with van der Waals surface area (Å²) in [5, 5.41) is 1.02. The van der Waals surface area contributed by atoms with Crippen molar-refractivity contribution in [1.82, 2.24) is 4.90 Å². The van der Waals surface area contributed by atoms with Gasteiger partial charge in [-0.15, -0.1) is 0 Å². The fourth-order valence-electron chi connectivity index (χ4n) is 1.84. The highest BCUT2D eigenvalue weighted by Crippen LogP contribution is 2.23. The monoisotopic (exact) mass is 287 g/mol. The van der Waals surface area contributed by atoms with E-state index in [0.29, 0.717) is 16.5 Å². The van der Waals surface area contributed by atoms with Gasteiger partial charge in [-0.25, -0.2) is 0 Å². The Kier molecular flexibility index (Phi) is 6.51. The third kappa shape index (κ3) is 4.51. The standard InChI is InChI=1S/C14H19Cl2NO/c1-3-7-17(8-4-2)14(18)10-11-5-6-12(15)13(16)9-11/h5-6,9H,3-4,7-8,10H2,1-2H3. The Labute approximate surface area is 119 Å². The summed E-state index contributed by atoms with van der Waals surface area (Å²) in [6.07, 6.45) is 2.34. The van der Waals surface area contributed by atoms with Gasteiger partial charge in [0.05, 0.1) is 16.5 Å². The average molecular weight is 288 g/mol. The van der Waals surface area contributed by atoms with Crippen LogP contribution in [-0.2, 0) is 11.2 Å². The fraction of sp³-hybridized carbons (Fsp3) is 0.500. The molecule has 0 heterocycles. The van der Waals surface area contributed by atoms with E-state index >= 15 is 0 Å². The van der Waals surface area contributed by atoms with E-state index in [9.17, 15) is 4.79 Å². The first kappa shape index (κ1) is 15.3. The number of hydrogen-bond acceptors (Lipinski definition) is 1. The van der Waals surface area contributed by atoms with Crippen molar-refractivity contribution in [2.45, 2.75) is 33.1 Å². The maximum atomic E-state index is 12.1. The number of halogens is 2. The molecule has 0 bridgehead atoms. The van der Waals surface area contributed by atoms with E-state index in [0.717, 1.165) is 31.5 Å². The molecule has 0 aromatic heterocycles. The quantitative estimate of drug-likeness (QED) is 0.768. The van der Waals surface area contributed by atoms with Crippen LogP contribution in [0.2, 0.25) is 10.0 Å². The van der Waals surface area contributed by atoms with Crippen molar-refractivity contribution >= 4 is 29.1 Å². The van der Waals surface area contributed by atoms with E-state index in [-0.39, 0.29) is 5.91 Å². The van der Waals surface area contributed by atoms with Gasteiger partial charge < -0.3 is 4.90 Å². The molecular formula is C14H19Cl2NO. The van der Waals surface area contributed by atoms with Crippen molar-refractivity contribution in [2.24, 2.45) is 0 Å². The first-order valence-electron chi connectivity index (χ1n) is 6.30. The predicted octanol–water partition coefficient (Wildman–Crippen LogP) is 4.18. The van der Waals surface area contributed by atoms with Crippen molar-refractivity contribution in [3.05, 3.63) is 33.8 Å². The van der Waals surface area contributed by atoms with Crippen LogP contribution in [0.5, 0.6) is 0 Å². The van der Waals surface area contributed by atoms with Crippen LogP contribution in [0.3, 0.4) is 0 Å². The largest absolute Gasteiger partial charge is 0.342 e. The maximum Gasteiger partial charge on any atom is 0.226 e. The number of rotatable bonds is 6. The number of amides is 1. The zero-order valence-corrected chi connectivity index (χ0v) is 12.4. The smallest absolute Gasteiger partial charge is 0.226 e. The second-order valence-corrected chi connectivity index (χ2v) is 5.12. The van der Waals surface area contributed by atoms with Crippen LogP contribution < -0.4 is 0 Å². The van der Waals surface area contributed by atoms with Crippen LogP contribution in [0.15, 0.2) is 18.2 Å². The van der Waals surface area contributed by atoms with E-state index in [1.165, 1.54) is 0 Å². The lowest BCUT2D eigenvalue weighted by atomic mass is 10.1. The first-order chi connectivity index (χ1) is 8.58. The van der Waals surface area contributed by atoms with Gasteiger partial charge in [0.1, 0.15) is 0 Å². The fourth-order valence-corrected chi connectivity index (χ4v) is 2.16. The van der Waals surface area contributed by atoms with Crippen LogP contribution in [0.25, 0.3) is 0 Å². The summed E-state index contributed by atoms with van der Waals surface area (Å²) in [5.74, 6) is 0.150. The van der Waals surface area contributed by atoms with E-state index in [1.807, 2.05) is 11.0 Å². The van der Waals surface area contributed by atoms with E-state index in [1.54, 1.807) is 12.1 Å². The molecule has 0 fully saturated rings. The minimum absolute atomic E-state index is 0.150. The lowest BCUT2D eigenvalue weighted by molar-refractivity contribution is -0.130. The molecule has 0 saturated heterocycles. The SMILES string of the molecule is CCCN(CCC)C(=O)Cc1ccc(Cl)c(Cl)c1. The van der Waals surface area contributed by atoms with Crippen LogP contribution in [-0.4, -0.2) is 23.9 Å². The third-order valence-corrected chi connectivity index (χ3v) is 3.42. The van der Waals surface area contributed by atoms with Gasteiger partial charge in [-0.05, 0) is 30.5 Å². The Hall–Kier alpha value is -0.730. The molecule has 4 heteroatoms. The summed E-state index contributed by atoms with van der Waals surface area (Å²) in [6.45, 7) is 5.78. The minimum Gasteiger partial charge on any atom is -0.342 e. The van der Waals surface area contributed by atoms with E-state index in [4.69, 9.17) is 23.2 Å². The molecule has 0 unspecified atom stereocenters. The summed E-state index contributed by atoms with van der Waals surface area (Å²) in [7, 11) is 0. The Bertz CT molecular complexity index is 401. The zero-order valence-electron chi connectivity index (χ0n) is 10.9. The van der Waals surface area contributed by atoms with Crippen molar-refractivity contribution in [3.8, 4) is 0 Å². The van der Waals surface area contributed by atoms with Gasteiger partial charge >= 0.3 is 0 Å². The minimum atomic E-state index is 0.150. The number of carbonyl (C=O) groups is 1. The second-order valence-electron chi connectivity index (χ2n) is 4.31. The maximum absolute atomic E-state index is 12.1. The number of benzene rings is 1. The van der Waals surface area contributed by atoms with Crippen molar-refractivity contribution in [1.29, 1.82) is 0 Å². The van der Waals surface area contributed by atoms with Crippen LogP contribution in [0.1, 0.15) is 32.3 Å². The van der Waals surface area contributed by atoms with Gasteiger partial charge in [-0.1, -0.05) is 43.1 Å². The molecule has 0 aliphatic heterocycles. The molecule has 0 aliphatic rings. The summed E-state index contributed by atoms with van der Waals surface area (Å²) < 4.78 is 0. The molecule has 0 radical (unpaired) electrons. The molecule has 1 aromatic carbocycles. The molecule has 0 N–H and O–H groups in total. The first-order valence-corrected chi connectivity index (χ1v) is 7.05. The van der Waals surface area contributed by atoms with Crippen LogP contribution in [0, 0.1) is 0 Å². The highest BCUT2D eigenvalue weighted by molar-refractivity contribution is 6.42. The second kappa shape index (κ2) is 7.65. The molecule has 0 saturated carbocycles. The highest BCUT2D eigenvalue weighted by Gasteiger charge is 2.12. The summed E-state index contributed by atoms with van der Waals surface area (Å²) in [5.41, 5.74) is 0.909. The summed E-state index contributed by atoms with van der Waals surface area (Å²) in [6, 6.07) is 5.34. The molecule has 18 heavy (non-hydrogen) atoms. The normalized spacial score (nSPS) is 10.4. The average Bonchev–Trinajstić information content (AvgIpc) is 2.33. The predicted molar refractivity (Wildman–Crippen MR) is 77.3 cm³/mol. The Morgan fingerprint density at radius 1 is 1.11 bits per heavy atom. The van der Waals surface area contributed by atoms with Crippen molar-refractivity contribution in [2.75, 3.05) is 13.1 Å². The molecule has 100 valence electrons. The molecule has 0 atom stereocenters. The third-order valence-electron chi connectivity index (χ3n) is 2.68. The molecule has 1 amide bonds. The molecule has 1 aromatic rings. The summed E-state index contributed by atoms with van der Waals surface area (Å²) in [4.78, 5) is 14.0. The Morgan fingerprint density at radius 2 is 1.72 bits per heavy atom. The van der Waals surface area contributed by atoms with Gasteiger partial charge in [-0.2, -0.15) is 0 Å². The van der Waals surface area contributed by atoms with Gasteiger partial charge in [-0.3, -0.25) is 4.79 Å². The van der Waals surface area contributed by atoms with Gasteiger partial charge in [0.25, 0.3) is 0 Å². The van der Waals surface area contributed by atoms with E-state index < -0.39 is 0 Å². The number of hydrogen-bond donors (Lipinski definition) is 0. The molecule has 2 nitrogen and oxygen atoms in total. The van der Waals surface area contributed by atoms with Crippen molar-refractivity contribution < 1.29 is 4.79 Å². The molecule has 1 rings (SSSR count). The molecular weight excluding hydrogens is 269 g/mol. The number of nitrogens with zero attached hydrogens (tertiary/aromatic N) is 1. The van der Waals surface area contributed by atoms with Crippen LogP contribution in [0.4, 0.5) is 0 Å². The summed E-state index contributed by atoms with van der Waals surface area (Å²) >= 11 is 11.8. The van der Waals surface area contributed by atoms with Gasteiger partial charge in [0.2, 0.25) is 5.91 Å². The Balaban J connectivity index is 2.69. The molecule has 0 aliphatic carbocycles. The lowest BCUT2D eigenvalue weighted by Crippen LogP contribution is -2.33. The molecule has 0 spiro atoms. The van der Waals surface area contributed by atoms with E-state index in [2.05, 4.69) is 13.8 Å². The highest BCUT2D eigenvalue weighted by atomic mass is 35.5. The van der Waals surface area contributed by atoms with Gasteiger partial charge in [0, 0.05) is 13.1 Å². The van der Waals surface area contributed by atoms with Crippen LogP contribution >= 0.6 is 23.2 Å². The Morgan fingerprint density at radius 3 is 2.22 bits per heavy atom. The number of carbonyl (C=O) groups excluding carboxylic acids is 1. The van der Waals surface area contributed by atoms with Gasteiger partial charge in [0.15, 0.2) is 0 Å². The lowest BCUT2D eigenvalue weighted by Gasteiger charge is -2.21. The zero-order chi connectivity index (χ0) is 13.5.